The largest absolute Gasteiger partial charge is 0.496 e. The zero-order valence-corrected chi connectivity index (χ0v) is 18.9. The van der Waals surface area contributed by atoms with Gasteiger partial charge in [-0.05, 0) is 32.9 Å². The van der Waals surface area contributed by atoms with E-state index < -0.39 is 11.9 Å². The summed E-state index contributed by atoms with van der Waals surface area (Å²) in [6, 6.07) is 5.26. The molecule has 0 amide bonds. The van der Waals surface area contributed by atoms with Crippen LogP contribution >= 0.6 is 0 Å². The Morgan fingerprint density at radius 2 is 1.85 bits per heavy atom. The van der Waals surface area contributed by atoms with E-state index in [1.165, 1.54) is 7.11 Å². The minimum absolute atomic E-state index is 0.00710. The van der Waals surface area contributed by atoms with E-state index in [1.54, 1.807) is 26.0 Å². The van der Waals surface area contributed by atoms with Crippen molar-refractivity contribution in [3.05, 3.63) is 46.5 Å². The van der Waals surface area contributed by atoms with E-state index in [0.29, 0.717) is 17.1 Å². The van der Waals surface area contributed by atoms with Gasteiger partial charge in [0.2, 0.25) is 5.71 Å². The number of anilines is 1. The zero-order valence-electron chi connectivity index (χ0n) is 18.9. The fourth-order valence-electron chi connectivity index (χ4n) is 3.30. The molecule has 2 aromatic heterocycles. The molecule has 0 aliphatic heterocycles. The van der Waals surface area contributed by atoms with Crippen molar-refractivity contribution in [3.63, 3.8) is 0 Å². The van der Waals surface area contributed by atoms with Gasteiger partial charge in [-0.1, -0.05) is 11.6 Å². The van der Waals surface area contributed by atoms with E-state index in [0.717, 1.165) is 5.56 Å². The van der Waals surface area contributed by atoms with Gasteiger partial charge in [-0.3, -0.25) is 9.59 Å². The van der Waals surface area contributed by atoms with E-state index in [1.807, 2.05) is 13.0 Å². The maximum atomic E-state index is 12.5. The standard InChI is InChI=1S/C23H25N3O7/c1-5-31-23(29)19-13(3)33-22-20(19)21(24)25-17(26-22)11-32-18(28)9-7-15(27)14-10-12(2)6-8-16(14)30-4/h6,8,10H,5,7,9,11H2,1-4H3,(H2,24,25,26). The number of hydrogen-bond donors (Lipinski definition) is 1. The first-order valence-corrected chi connectivity index (χ1v) is 10.3. The predicted octanol–water partition coefficient (Wildman–Crippen LogP) is 3.31. The molecule has 10 heteroatoms. The number of carbonyl (C=O) groups excluding carboxylic acids is 3. The number of fused-ring (bicyclic) bond motifs is 1. The minimum atomic E-state index is -0.597. The van der Waals surface area contributed by atoms with Crippen molar-refractivity contribution in [2.45, 2.75) is 40.2 Å². The van der Waals surface area contributed by atoms with Crippen LogP contribution in [0.1, 0.15) is 57.6 Å². The number of rotatable bonds is 9. The number of ether oxygens (including phenoxy) is 3. The normalized spacial score (nSPS) is 10.8. The smallest absolute Gasteiger partial charge is 0.342 e. The number of hydrogen-bond acceptors (Lipinski definition) is 10. The zero-order chi connectivity index (χ0) is 24.1. The number of aryl methyl sites for hydroxylation is 2. The van der Waals surface area contributed by atoms with Crippen molar-refractivity contribution < 1.29 is 33.0 Å². The topological polar surface area (TPSA) is 144 Å². The summed E-state index contributed by atoms with van der Waals surface area (Å²) in [6.45, 7) is 5.07. The molecule has 1 aromatic carbocycles. The molecule has 0 spiro atoms. The van der Waals surface area contributed by atoms with Crippen LogP contribution in [0.4, 0.5) is 5.82 Å². The summed E-state index contributed by atoms with van der Waals surface area (Å²) in [6.07, 6.45) is -0.165. The fraction of sp³-hybridized carbons (Fsp3) is 0.348. The number of furan rings is 1. The first-order chi connectivity index (χ1) is 15.7. The Hall–Kier alpha value is -3.95. The highest BCUT2D eigenvalue weighted by molar-refractivity contribution is 6.07. The lowest BCUT2D eigenvalue weighted by Crippen LogP contribution is -2.11. The summed E-state index contributed by atoms with van der Waals surface area (Å²) < 4.78 is 20.9. The lowest BCUT2D eigenvalue weighted by molar-refractivity contribution is -0.145. The Morgan fingerprint density at radius 1 is 1.09 bits per heavy atom. The van der Waals surface area contributed by atoms with Crippen LogP contribution in [0.25, 0.3) is 11.1 Å². The number of ketones is 1. The van der Waals surface area contributed by atoms with E-state index in [2.05, 4.69) is 9.97 Å². The number of nitrogens with two attached hydrogens (primary N) is 1. The van der Waals surface area contributed by atoms with Crippen LogP contribution in [0.15, 0.2) is 22.6 Å². The predicted molar refractivity (Wildman–Crippen MR) is 118 cm³/mol. The number of aromatic nitrogens is 2. The van der Waals surface area contributed by atoms with Crippen LogP contribution < -0.4 is 10.5 Å². The molecule has 0 radical (unpaired) electrons. The molecule has 3 aromatic rings. The molecule has 3 rings (SSSR count). The van der Waals surface area contributed by atoms with Crippen molar-refractivity contribution in [2.75, 3.05) is 19.5 Å². The number of nitrogens with zero attached hydrogens (tertiary/aromatic N) is 2. The number of benzene rings is 1. The quantitative estimate of drug-likeness (QED) is 0.377. The number of Topliss-reactive ketones (excluding diaryl/α,β-unsaturated/α-hetero) is 1. The summed E-state index contributed by atoms with van der Waals surface area (Å²) in [7, 11) is 1.48. The second-order valence-corrected chi connectivity index (χ2v) is 7.25. The summed E-state index contributed by atoms with van der Waals surface area (Å²) in [5, 5.41) is 0.249. The van der Waals surface area contributed by atoms with Crippen molar-refractivity contribution in [1.29, 1.82) is 0 Å². The molecule has 174 valence electrons. The summed E-state index contributed by atoms with van der Waals surface area (Å²) in [5.41, 5.74) is 7.58. The van der Waals surface area contributed by atoms with Gasteiger partial charge >= 0.3 is 11.9 Å². The monoisotopic (exact) mass is 455 g/mol. The van der Waals surface area contributed by atoms with Gasteiger partial charge < -0.3 is 24.4 Å². The van der Waals surface area contributed by atoms with Crippen molar-refractivity contribution in [1.82, 2.24) is 9.97 Å². The highest BCUT2D eigenvalue weighted by Crippen LogP contribution is 2.29. The molecule has 2 N–H and O–H groups in total. The van der Waals surface area contributed by atoms with E-state index in [9.17, 15) is 14.4 Å². The molecule has 2 heterocycles. The summed E-state index contributed by atoms with van der Waals surface area (Å²) in [4.78, 5) is 45.1. The van der Waals surface area contributed by atoms with Crippen molar-refractivity contribution in [2.24, 2.45) is 0 Å². The minimum Gasteiger partial charge on any atom is -0.496 e. The second kappa shape index (κ2) is 10.1. The first-order valence-electron chi connectivity index (χ1n) is 10.3. The maximum absolute atomic E-state index is 12.5. The van der Waals surface area contributed by atoms with Gasteiger partial charge in [0.05, 0.1) is 31.1 Å². The molecule has 33 heavy (non-hydrogen) atoms. The Kier molecular flexibility index (Phi) is 7.27. The van der Waals surface area contributed by atoms with Gasteiger partial charge in [-0.15, -0.1) is 0 Å². The third kappa shape index (κ3) is 5.28. The van der Waals surface area contributed by atoms with Gasteiger partial charge in [0.25, 0.3) is 0 Å². The van der Waals surface area contributed by atoms with Gasteiger partial charge in [0.1, 0.15) is 22.9 Å². The Balaban J connectivity index is 1.65. The molecular weight excluding hydrogens is 430 g/mol. The van der Waals surface area contributed by atoms with Crippen LogP contribution in [0.3, 0.4) is 0 Å². The number of carbonyl (C=O) groups is 3. The van der Waals surface area contributed by atoms with Gasteiger partial charge in [-0.25, -0.2) is 9.78 Å². The third-order valence-electron chi connectivity index (χ3n) is 4.86. The molecule has 0 atom stereocenters. The van der Waals surface area contributed by atoms with Crippen LogP contribution in [-0.4, -0.2) is 41.4 Å². The number of esters is 2. The van der Waals surface area contributed by atoms with Crippen molar-refractivity contribution >= 4 is 34.6 Å². The number of methoxy groups -OCH3 is 1. The van der Waals surface area contributed by atoms with Gasteiger partial charge in [0, 0.05) is 6.42 Å². The van der Waals surface area contributed by atoms with Crippen LogP contribution in [0, 0.1) is 13.8 Å². The molecule has 0 saturated carbocycles. The van der Waals surface area contributed by atoms with Crippen molar-refractivity contribution in [3.8, 4) is 5.75 Å². The van der Waals surface area contributed by atoms with Crippen LogP contribution in [0.2, 0.25) is 0 Å². The first kappa shape index (κ1) is 23.7. The number of nitrogen functional groups attached to an aromatic ring is 1. The molecule has 0 saturated heterocycles. The Labute approximate surface area is 190 Å². The average Bonchev–Trinajstić information content (AvgIpc) is 3.12. The van der Waals surface area contributed by atoms with E-state index in [-0.39, 0.29) is 60.1 Å². The molecule has 0 fully saturated rings. The maximum Gasteiger partial charge on any atom is 0.342 e. The molecule has 10 nitrogen and oxygen atoms in total. The SMILES string of the molecule is CCOC(=O)c1c(C)oc2nc(COC(=O)CCC(=O)c3cc(C)ccc3OC)nc(N)c12. The lowest BCUT2D eigenvalue weighted by Gasteiger charge is -2.09. The van der Waals surface area contributed by atoms with E-state index >= 15 is 0 Å². The van der Waals surface area contributed by atoms with Crippen LogP contribution in [0.5, 0.6) is 5.75 Å². The molecule has 0 aliphatic rings. The van der Waals surface area contributed by atoms with Gasteiger partial charge in [-0.2, -0.15) is 4.98 Å². The van der Waals surface area contributed by atoms with Gasteiger partial charge in [0.15, 0.2) is 18.2 Å². The fourth-order valence-corrected chi connectivity index (χ4v) is 3.30. The highest BCUT2D eigenvalue weighted by atomic mass is 16.5. The highest BCUT2D eigenvalue weighted by Gasteiger charge is 2.24. The second-order valence-electron chi connectivity index (χ2n) is 7.25. The average molecular weight is 455 g/mol. The summed E-state index contributed by atoms with van der Waals surface area (Å²) >= 11 is 0. The Bertz CT molecular complexity index is 1220. The van der Waals surface area contributed by atoms with Crippen LogP contribution in [-0.2, 0) is 20.9 Å². The summed E-state index contributed by atoms with van der Waals surface area (Å²) in [5.74, 6) is -0.558. The molecule has 0 aliphatic carbocycles. The molecule has 0 bridgehead atoms. The molecule has 0 unspecified atom stereocenters. The third-order valence-corrected chi connectivity index (χ3v) is 4.86. The molecular formula is C23H25N3O7. The Morgan fingerprint density at radius 3 is 2.55 bits per heavy atom. The van der Waals surface area contributed by atoms with E-state index in [4.69, 9.17) is 24.4 Å². The lowest BCUT2D eigenvalue weighted by atomic mass is 10.0.